The summed E-state index contributed by atoms with van der Waals surface area (Å²) in [4.78, 5) is 4.28. The summed E-state index contributed by atoms with van der Waals surface area (Å²) in [5, 5.41) is 0.560. The van der Waals surface area contributed by atoms with E-state index in [-0.39, 0.29) is 5.75 Å². The zero-order valence-corrected chi connectivity index (χ0v) is 14.2. The van der Waals surface area contributed by atoms with Crippen molar-refractivity contribution in [2.45, 2.75) is 25.8 Å². The predicted octanol–water partition coefficient (Wildman–Crippen LogP) is 2.88. The van der Waals surface area contributed by atoms with E-state index in [9.17, 15) is 8.42 Å². The molecule has 0 amide bonds. The molecular weight excluding hydrogens is 322 g/mol. The van der Waals surface area contributed by atoms with Crippen LogP contribution in [0.4, 0.5) is 0 Å². The number of nitrogens with zero attached hydrogens (tertiary/aromatic N) is 2. The molecule has 7 heteroatoms. The third kappa shape index (κ3) is 4.32. The summed E-state index contributed by atoms with van der Waals surface area (Å²) < 4.78 is 29.1. The highest BCUT2D eigenvalue weighted by Gasteiger charge is 2.24. The minimum atomic E-state index is -3.39. The lowest BCUT2D eigenvalue weighted by atomic mass is 10.1. The Morgan fingerprint density at radius 2 is 2.18 bits per heavy atom. The summed E-state index contributed by atoms with van der Waals surface area (Å²) in [6.07, 6.45) is 4.88. The molecule has 0 saturated carbocycles. The van der Waals surface area contributed by atoms with Gasteiger partial charge in [0.1, 0.15) is 11.9 Å². The number of hydrogen-bond donors (Lipinski definition) is 1. The molecule has 0 bridgehead atoms. The summed E-state index contributed by atoms with van der Waals surface area (Å²) in [7, 11) is -1.56. The Hall–Kier alpha value is -1.37. The molecule has 1 unspecified atom stereocenters. The lowest BCUT2D eigenvalue weighted by molar-refractivity contribution is 0.560. The number of benzene rings is 1. The minimum absolute atomic E-state index is 0.102. The van der Waals surface area contributed by atoms with Crippen molar-refractivity contribution < 1.29 is 8.42 Å². The molecule has 0 fully saturated rings. The molecule has 0 aliphatic rings. The number of imidazole rings is 1. The van der Waals surface area contributed by atoms with Crippen LogP contribution in [-0.2, 0) is 17.1 Å². The average molecular weight is 342 g/mol. The van der Waals surface area contributed by atoms with Crippen LogP contribution >= 0.6 is 11.6 Å². The summed E-state index contributed by atoms with van der Waals surface area (Å²) in [5.74, 6) is 0.729. The number of sulfonamides is 1. The zero-order chi connectivity index (χ0) is 16.2. The highest BCUT2D eigenvalue weighted by Crippen LogP contribution is 2.24. The molecule has 1 heterocycles. The summed E-state index contributed by atoms with van der Waals surface area (Å²) in [6.45, 7) is 1.96. The van der Waals surface area contributed by atoms with Gasteiger partial charge >= 0.3 is 0 Å². The van der Waals surface area contributed by atoms with Crippen molar-refractivity contribution in [3.8, 4) is 0 Å². The SMILES string of the molecule is CCCCS(=O)(=O)NC(c1cccc(Cl)c1)c1nccn1C. The number of halogens is 1. The van der Waals surface area contributed by atoms with Crippen molar-refractivity contribution in [2.24, 2.45) is 7.05 Å². The Kier molecular flexibility index (Phi) is 5.61. The quantitative estimate of drug-likeness (QED) is 0.842. The monoisotopic (exact) mass is 341 g/mol. The third-order valence-electron chi connectivity index (χ3n) is 3.36. The Labute approximate surface area is 136 Å². The molecule has 0 aliphatic carbocycles. The van der Waals surface area contributed by atoms with Gasteiger partial charge in [-0.1, -0.05) is 37.1 Å². The number of unbranched alkanes of at least 4 members (excludes halogenated alkanes) is 1. The first-order valence-electron chi connectivity index (χ1n) is 7.15. The molecule has 0 spiro atoms. The van der Waals surface area contributed by atoms with Gasteiger partial charge in [-0.2, -0.15) is 0 Å². The summed E-state index contributed by atoms with van der Waals surface area (Å²) in [6, 6.07) is 6.59. The topological polar surface area (TPSA) is 64.0 Å². The van der Waals surface area contributed by atoms with Crippen molar-refractivity contribution in [2.75, 3.05) is 5.75 Å². The largest absolute Gasteiger partial charge is 0.336 e. The number of hydrogen-bond acceptors (Lipinski definition) is 3. The van der Waals surface area contributed by atoms with Crippen LogP contribution in [0.3, 0.4) is 0 Å². The Morgan fingerprint density at radius 3 is 2.77 bits per heavy atom. The lowest BCUT2D eigenvalue weighted by Crippen LogP contribution is -2.32. The van der Waals surface area contributed by atoms with Crippen LogP contribution in [0.1, 0.15) is 37.2 Å². The average Bonchev–Trinajstić information content (AvgIpc) is 2.89. The smallest absolute Gasteiger partial charge is 0.212 e. The van der Waals surface area contributed by atoms with Crippen molar-refractivity contribution in [3.05, 3.63) is 53.1 Å². The van der Waals surface area contributed by atoms with Crippen LogP contribution in [0.15, 0.2) is 36.7 Å². The Bertz CT molecular complexity index is 728. The second kappa shape index (κ2) is 7.26. The second-order valence-electron chi connectivity index (χ2n) is 5.17. The van der Waals surface area contributed by atoms with E-state index in [2.05, 4.69) is 9.71 Å². The van der Waals surface area contributed by atoms with Crippen LogP contribution < -0.4 is 4.72 Å². The minimum Gasteiger partial charge on any atom is -0.336 e. The van der Waals surface area contributed by atoms with Crippen LogP contribution in [0.2, 0.25) is 5.02 Å². The number of rotatable bonds is 7. The van der Waals surface area contributed by atoms with E-state index >= 15 is 0 Å². The van der Waals surface area contributed by atoms with Gasteiger partial charge in [-0.25, -0.2) is 18.1 Å². The van der Waals surface area contributed by atoms with Gasteiger partial charge in [0, 0.05) is 24.5 Å². The fourth-order valence-corrected chi connectivity index (χ4v) is 3.77. The van der Waals surface area contributed by atoms with E-state index in [1.54, 1.807) is 35.2 Å². The molecule has 1 N–H and O–H groups in total. The van der Waals surface area contributed by atoms with E-state index in [1.165, 1.54) is 0 Å². The lowest BCUT2D eigenvalue weighted by Gasteiger charge is -2.19. The van der Waals surface area contributed by atoms with Gasteiger partial charge in [-0.3, -0.25) is 0 Å². The van der Waals surface area contributed by atoms with E-state index in [0.717, 1.165) is 12.0 Å². The molecule has 2 rings (SSSR count). The molecule has 120 valence electrons. The van der Waals surface area contributed by atoms with Crippen molar-refractivity contribution >= 4 is 21.6 Å². The number of aromatic nitrogens is 2. The first-order chi connectivity index (χ1) is 10.4. The highest BCUT2D eigenvalue weighted by molar-refractivity contribution is 7.89. The summed E-state index contributed by atoms with van der Waals surface area (Å²) in [5.41, 5.74) is 0.766. The molecule has 1 atom stereocenters. The number of nitrogens with one attached hydrogen (secondary N) is 1. The van der Waals surface area contributed by atoms with E-state index < -0.39 is 16.1 Å². The highest BCUT2D eigenvalue weighted by atomic mass is 35.5. The van der Waals surface area contributed by atoms with E-state index in [1.807, 2.05) is 20.0 Å². The van der Waals surface area contributed by atoms with E-state index in [0.29, 0.717) is 17.3 Å². The van der Waals surface area contributed by atoms with E-state index in [4.69, 9.17) is 11.6 Å². The Balaban J connectivity index is 2.37. The van der Waals surface area contributed by atoms with Crippen LogP contribution in [0.25, 0.3) is 0 Å². The van der Waals surface area contributed by atoms with Gasteiger partial charge in [0.05, 0.1) is 5.75 Å². The van der Waals surface area contributed by atoms with Gasteiger partial charge in [0.25, 0.3) is 0 Å². The fourth-order valence-electron chi connectivity index (χ4n) is 2.18. The fraction of sp³-hybridized carbons (Fsp3) is 0.400. The molecule has 2 aromatic rings. The van der Waals surface area contributed by atoms with Crippen molar-refractivity contribution in [1.29, 1.82) is 0 Å². The zero-order valence-electron chi connectivity index (χ0n) is 12.7. The Morgan fingerprint density at radius 1 is 1.41 bits per heavy atom. The number of aryl methyl sites for hydroxylation is 1. The van der Waals surface area contributed by atoms with Crippen LogP contribution in [0, 0.1) is 0 Å². The van der Waals surface area contributed by atoms with Gasteiger partial charge in [-0.15, -0.1) is 0 Å². The maximum atomic E-state index is 12.3. The van der Waals surface area contributed by atoms with Gasteiger partial charge in [0.15, 0.2) is 0 Å². The van der Waals surface area contributed by atoms with Gasteiger partial charge < -0.3 is 4.57 Å². The molecule has 0 aliphatic heterocycles. The normalized spacial score (nSPS) is 13.2. The second-order valence-corrected chi connectivity index (χ2v) is 7.48. The van der Waals surface area contributed by atoms with Crippen molar-refractivity contribution in [3.63, 3.8) is 0 Å². The summed E-state index contributed by atoms with van der Waals surface area (Å²) >= 11 is 6.04. The molecule has 22 heavy (non-hydrogen) atoms. The molecular formula is C15H20ClN3O2S. The van der Waals surface area contributed by atoms with Gasteiger partial charge in [-0.05, 0) is 24.1 Å². The predicted molar refractivity (Wildman–Crippen MR) is 88.3 cm³/mol. The third-order valence-corrected chi connectivity index (χ3v) is 5.02. The molecule has 1 aromatic heterocycles. The molecule has 5 nitrogen and oxygen atoms in total. The maximum Gasteiger partial charge on any atom is 0.212 e. The molecule has 1 aromatic carbocycles. The van der Waals surface area contributed by atoms with Crippen molar-refractivity contribution in [1.82, 2.24) is 14.3 Å². The first kappa shape index (κ1) is 17.0. The van der Waals surface area contributed by atoms with Gasteiger partial charge in [0.2, 0.25) is 10.0 Å². The molecule has 0 radical (unpaired) electrons. The van der Waals surface area contributed by atoms with Crippen LogP contribution in [-0.4, -0.2) is 23.7 Å². The maximum absolute atomic E-state index is 12.3. The molecule has 0 saturated heterocycles. The first-order valence-corrected chi connectivity index (χ1v) is 9.18. The standard InChI is InChI=1S/C15H20ClN3O2S/c1-3-4-10-22(20,21)18-14(15-17-8-9-19(15)2)12-6-5-7-13(16)11-12/h5-9,11,14,18H,3-4,10H2,1-2H3. The van der Waals surface area contributed by atoms with Crippen LogP contribution in [0.5, 0.6) is 0 Å².